The maximum Gasteiger partial charge on any atom is 0.322 e. The summed E-state index contributed by atoms with van der Waals surface area (Å²) in [5.41, 5.74) is 6.39. The van der Waals surface area contributed by atoms with E-state index in [0.717, 1.165) is 0 Å². The molecule has 114 valence electrons. The van der Waals surface area contributed by atoms with Crippen LogP contribution in [0.4, 0.5) is 10.5 Å². The lowest BCUT2D eigenvalue weighted by Gasteiger charge is -2.27. The van der Waals surface area contributed by atoms with Crippen LogP contribution < -0.4 is 15.8 Å². The molecule has 4 N–H and O–H groups in total. The number of carbonyl (C=O) groups excluding carboxylic acids is 1. The van der Waals surface area contributed by atoms with Crippen LogP contribution in [0.15, 0.2) is 23.4 Å². The van der Waals surface area contributed by atoms with Gasteiger partial charge in [-0.05, 0) is 12.1 Å². The molecule has 1 aromatic rings. The van der Waals surface area contributed by atoms with Crippen molar-refractivity contribution in [3.05, 3.63) is 23.8 Å². The number of morpholine rings is 1. The fourth-order valence-electron chi connectivity index (χ4n) is 2.05. The Labute approximate surface area is 122 Å². The van der Waals surface area contributed by atoms with E-state index in [0.29, 0.717) is 43.3 Å². The molecule has 2 rings (SSSR count). The fraction of sp³-hybridized carbons (Fsp3) is 0.385. The van der Waals surface area contributed by atoms with Crippen molar-refractivity contribution < 1.29 is 19.5 Å². The van der Waals surface area contributed by atoms with Crippen molar-refractivity contribution in [1.82, 2.24) is 4.90 Å². The second kappa shape index (κ2) is 6.80. The van der Waals surface area contributed by atoms with Crippen LogP contribution in [0.25, 0.3) is 0 Å². The number of amides is 2. The van der Waals surface area contributed by atoms with Gasteiger partial charge >= 0.3 is 6.03 Å². The van der Waals surface area contributed by atoms with Gasteiger partial charge < -0.3 is 30.6 Å². The van der Waals surface area contributed by atoms with Crippen molar-refractivity contribution in [3.8, 4) is 5.75 Å². The number of rotatable bonds is 3. The Bertz CT molecular complexity index is 541. The molecular weight excluding hydrogens is 276 g/mol. The number of methoxy groups -OCH3 is 1. The number of nitrogens with two attached hydrogens (primary N) is 1. The Morgan fingerprint density at radius 1 is 1.48 bits per heavy atom. The van der Waals surface area contributed by atoms with Crippen LogP contribution in [-0.4, -0.2) is 55.4 Å². The van der Waals surface area contributed by atoms with Crippen molar-refractivity contribution in [2.24, 2.45) is 10.9 Å². The third kappa shape index (κ3) is 3.34. The van der Waals surface area contributed by atoms with E-state index < -0.39 is 0 Å². The SMILES string of the molecule is COc1cccc(/C(N)=N/O)c1NC(=O)N1CCOCC1. The fourth-order valence-corrected chi connectivity index (χ4v) is 2.05. The number of amidine groups is 1. The maximum absolute atomic E-state index is 12.3. The molecule has 2 amide bonds. The zero-order valence-corrected chi connectivity index (χ0v) is 11.7. The molecule has 1 aliphatic heterocycles. The zero-order valence-electron chi connectivity index (χ0n) is 11.7. The minimum absolute atomic E-state index is 0.105. The van der Waals surface area contributed by atoms with E-state index in [-0.39, 0.29) is 11.9 Å². The van der Waals surface area contributed by atoms with Gasteiger partial charge in [0.15, 0.2) is 5.84 Å². The maximum atomic E-state index is 12.3. The quantitative estimate of drug-likeness (QED) is 0.328. The summed E-state index contributed by atoms with van der Waals surface area (Å²) < 4.78 is 10.4. The van der Waals surface area contributed by atoms with Crippen molar-refractivity contribution >= 4 is 17.6 Å². The van der Waals surface area contributed by atoms with Gasteiger partial charge in [0, 0.05) is 18.7 Å². The minimum Gasteiger partial charge on any atom is -0.495 e. The molecule has 21 heavy (non-hydrogen) atoms. The number of nitrogens with one attached hydrogen (secondary N) is 1. The summed E-state index contributed by atoms with van der Waals surface area (Å²) in [4.78, 5) is 13.9. The number of anilines is 1. The first kappa shape index (κ1) is 14.9. The molecule has 0 aliphatic carbocycles. The molecular formula is C13H18N4O4. The third-order valence-electron chi connectivity index (χ3n) is 3.16. The average Bonchev–Trinajstić information content (AvgIpc) is 2.55. The van der Waals surface area contributed by atoms with Crippen molar-refractivity contribution in [1.29, 1.82) is 0 Å². The number of carbonyl (C=O) groups is 1. The summed E-state index contributed by atoms with van der Waals surface area (Å²) in [7, 11) is 1.48. The standard InChI is InChI=1S/C13H18N4O4/c1-20-10-4-2-3-9(12(14)16-19)11(10)15-13(18)17-5-7-21-8-6-17/h2-4,19H,5-8H2,1H3,(H2,14,16)(H,15,18). The topological polar surface area (TPSA) is 109 Å². The largest absolute Gasteiger partial charge is 0.495 e. The van der Waals surface area contributed by atoms with Gasteiger partial charge in [-0.1, -0.05) is 11.2 Å². The summed E-state index contributed by atoms with van der Waals surface area (Å²) >= 11 is 0. The number of oxime groups is 1. The summed E-state index contributed by atoms with van der Waals surface area (Å²) in [6.07, 6.45) is 0. The number of nitrogens with zero attached hydrogens (tertiary/aromatic N) is 2. The Morgan fingerprint density at radius 3 is 2.81 bits per heavy atom. The monoisotopic (exact) mass is 294 g/mol. The molecule has 1 heterocycles. The smallest absolute Gasteiger partial charge is 0.322 e. The Hall–Kier alpha value is -2.48. The van der Waals surface area contributed by atoms with Crippen LogP contribution in [0, 0.1) is 0 Å². The molecule has 0 aromatic heterocycles. The molecule has 0 saturated carbocycles. The van der Waals surface area contributed by atoms with E-state index in [4.69, 9.17) is 20.4 Å². The molecule has 8 heteroatoms. The van der Waals surface area contributed by atoms with Crippen LogP contribution in [0.3, 0.4) is 0 Å². The second-order valence-corrected chi connectivity index (χ2v) is 4.40. The molecule has 8 nitrogen and oxygen atoms in total. The number of hydrogen-bond donors (Lipinski definition) is 3. The number of para-hydroxylation sites is 1. The highest BCUT2D eigenvalue weighted by molar-refractivity contribution is 6.06. The Morgan fingerprint density at radius 2 is 2.19 bits per heavy atom. The molecule has 0 bridgehead atoms. The number of benzene rings is 1. The van der Waals surface area contributed by atoms with Gasteiger partial charge in [-0.3, -0.25) is 0 Å². The Kier molecular flexibility index (Phi) is 4.83. The summed E-state index contributed by atoms with van der Waals surface area (Å²) in [5.74, 6) is 0.326. The molecule has 1 fully saturated rings. The van der Waals surface area contributed by atoms with E-state index in [2.05, 4.69) is 10.5 Å². The van der Waals surface area contributed by atoms with E-state index in [1.807, 2.05) is 0 Å². The molecule has 1 aliphatic rings. The molecule has 0 spiro atoms. The number of urea groups is 1. The summed E-state index contributed by atoms with van der Waals surface area (Å²) in [6, 6.07) is 4.72. The van der Waals surface area contributed by atoms with Gasteiger partial charge in [-0.25, -0.2) is 4.79 Å². The van der Waals surface area contributed by atoms with E-state index in [1.54, 1.807) is 23.1 Å². The lowest BCUT2D eigenvalue weighted by atomic mass is 10.1. The second-order valence-electron chi connectivity index (χ2n) is 4.40. The number of ether oxygens (including phenoxy) is 2. The minimum atomic E-state index is -0.283. The van der Waals surface area contributed by atoms with Crippen molar-refractivity contribution in [2.75, 3.05) is 38.7 Å². The summed E-state index contributed by atoms with van der Waals surface area (Å²) in [5, 5.41) is 14.6. The van der Waals surface area contributed by atoms with Crippen LogP contribution in [0.2, 0.25) is 0 Å². The van der Waals surface area contributed by atoms with Crippen LogP contribution >= 0.6 is 0 Å². The van der Waals surface area contributed by atoms with Gasteiger partial charge in [0.25, 0.3) is 0 Å². The van der Waals surface area contributed by atoms with Gasteiger partial charge in [-0.2, -0.15) is 0 Å². The lowest BCUT2D eigenvalue weighted by molar-refractivity contribution is 0.0564. The third-order valence-corrected chi connectivity index (χ3v) is 3.16. The first-order chi connectivity index (χ1) is 10.2. The Balaban J connectivity index is 2.26. The highest BCUT2D eigenvalue weighted by Crippen LogP contribution is 2.28. The first-order valence-electron chi connectivity index (χ1n) is 6.46. The molecule has 1 aromatic carbocycles. The molecule has 1 saturated heterocycles. The predicted molar refractivity (Wildman–Crippen MR) is 76.9 cm³/mol. The predicted octanol–water partition coefficient (Wildman–Crippen LogP) is 0.654. The van der Waals surface area contributed by atoms with Gasteiger partial charge in [0.05, 0.1) is 26.0 Å². The van der Waals surface area contributed by atoms with E-state index in [1.165, 1.54) is 7.11 Å². The highest BCUT2D eigenvalue weighted by Gasteiger charge is 2.20. The average molecular weight is 294 g/mol. The van der Waals surface area contributed by atoms with Crippen LogP contribution in [-0.2, 0) is 4.74 Å². The molecule has 0 unspecified atom stereocenters. The highest BCUT2D eigenvalue weighted by atomic mass is 16.5. The van der Waals surface area contributed by atoms with Gasteiger partial charge in [0.2, 0.25) is 0 Å². The van der Waals surface area contributed by atoms with Gasteiger partial charge in [0.1, 0.15) is 5.75 Å². The van der Waals surface area contributed by atoms with Gasteiger partial charge in [-0.15, -0.1) is 0 Å². The van der Waals surface area contributed by atoms with Crippen LogP contribution in [0.5, 0.6) is 5.75 Å². The van der Waals surface area contributed by atoms with Crippen LogP contribution in [0.1, 0.15) is 5.56 Å². The number of hydrogen-bond acceptors (Lipinski definition) is 5. The molecule has 0 radical (unpaired) electrons. The van der Waals surface area contributed by atoms with Crippen molar-refractivity contribution in [3.63, 3.8) is 0 Å². The normalized spacial score (nSPS) is 15.7. The first-order valence-corrected chi connectivity index (χ1v) is 6.46. The van der Waals surface area contributed by atoms with E-state index in [9.17, 15) is 4.79 Å². The lowest BCUT2D eigenvalue weighted by Crippen LogP contribution is -2.43. The van der Waals surface area contributed by atoms with Crippen molar-refractivity contribution in [2.45, 2.75) is 0 Å². The van der Waals surface area contributed by atoms with E-state index >= 15 is 0 Å². The molecule has 0 atom stereocenters. The summed E-state index contributed by atoms with van der Waals surface area (Å²) in [6.45, 7) is 2.04. The zero-order chi connectivity index (χ0) is 15.2.